The maximum Gasteiger partial charge on any atom is 0.0995 e. The molecular formula is C15H21NO2. The summed E-state index contributed by atoms with van der Waals surface area (Å²) in [6, 6.07) is 9.65. The Kier molecular flexibility index (Phi) is 4.50. The predicted molar refractivity (Wildman–Crippen MR) is 71.1 cm³/mol. The van der Waals surface area contributed by atoms with Crippen LogP contribution in [0.25, 0.3) is 0 Å². The van der Waals surface area contributed by atoms with Crippen molar-refractivity contribution in [1.82, 2.24) is 0 Å². The lowest BCUT2D eigenvalue weighted by molar-refractivity contribution is -0.169. The van der Waals surface area contributed by atoms with Crippen molar-refractivity contribution in [1.29, 1.82) is 5.26 Å². The van der Waals surface area contributed by atoms with Crippen molar-refractivity contribution in [2.45, 2.75) is 45.5 Å². The minimum absolute atomic E-state index is 0.394. The van der Waals surface area contributed by atoms with Crippen LogP contribution in [-0.2, 0) is 16.1 Å². The molecule has 98 valence electrons. The van der Waals surface area contributed by atoms with Gasteiger partial charge in [0.15, 0.2) is 0 Å². The van der Waals surface area contributed by atoms with Crippen molar-refractivity contribution in [2.75, 3.05) is 7.11 Å². The summed E-state index contributed by atoms with van der Waals surface area (Å²) in [6.45, 7) is 8.37. The highest BCUT2D eigenvalue weighted by molar-refractivity contribution is 5.36. The Bertz CT molecular complexity index is 444. The normalized spacial score (nSPS) is 12.2. The minimum atomic E-state index is -0.440. The van der Waals surface area contributed by atoms with Crippen LogP contribution >= 0.6 is 0 Å². The molecule has 0 atom stereocenters. The molecule has 0 aromatic heterocycles. The quantitative estimate of drug-likeness (QED) is 0.802. The molecule has 0 spiro atoms. The van der Waals surface area contributed by atoms with E-state index in [1.807, 2.05) is 45.9 Å². The first-order valence-corrected chi connectivity index (χ1v) is 6.01. The molecule has 0 heterocycles. The van der Waals surface area contributed by atoms with Gasteiger partial charge in [-0.3, -0.25) is 0 Å². The number of methoxy groups -OCH3 is 1. The number of nitriles is 1. The summed E-state index contributed by atoms with van der Waals surface area (Å²) in [7, 11) is 1.67. The molecule has 0 aliphatic heterocycles. The van der Waals surface area contributed by atoms with Crippen LogP contribution in [0, 0.1) is 11.3 Å². The van der Waals surface area contributed by atoms with Crippen molar-refractivity contribution in [3.05, 3.63) is 35.4 Å². The average Bonchev–Trinajstić information content (AvgIpc) is 2.36. The van der Waals surface area contributed by atoms with Gasteiger partial charge in [0.05, 0.1) is 29.4 Å². The third-order valence-corrected chi connectivity index (χ3v) is 3.69. The second kappa shape index (κ2) is 5.51. The Morgan fingerprint density at radius 3 is 2.28 bits per heavy atom. The smallest absolute Gasteiger partial charge is 0.0995 e. The number of hydrogen-bond donors (Lipinski definition) is 0. The van der Waals surface area contributed by atoms with E-state index in [9.17, 15) is 0 Å². The van der Waals surface area contributed by atoms with E-state index in [2.05, 4.69) is 6.07 Å². The van der Waals surface area contributed by atoms with E-state index in [1.54, 1.807) is 13.2 Å². The lowest BCUT2D eigenvalue weighted by Gasteiger charge is -2.40. The molecule has 0 N–H and O–H groups in total. The summed E-state index contributed by atoms with van der Waals surface area (Å²) in [5, 5.41) is 9.02. The summed E-state index contributed by atoms with van der Waals surface area (Å²) in [6.07, 6.45) is 0. The SMILES string of the molecule is COC(C)(C)C(C)(C)OCc1ccccc1C#N. The van der Waals surface area contributed by atoms with E-state index in [1.165, 1.54) is 0 Å². The first kappa shape index (κ1) is 14.7. The van der Waals surface area contributed by atoms with Gasteiger partial charge in [0.1, 0.15) is 0 Å². The summed E-state index contributed by atoms with van der Waals surface area (Å²) in [5.41, 5.74) is 0.724. The first-order valence-electron chi connectivity index (χ1n) is 6.01. The fraction of sp³-hybridized carbons (Fsp3) is 0.533. The van der Waals surface area contributed by atoms with E-state index >= 15 is 0 Å². The van der Waals surface area contributed by atoms with Crippen LogP contribution in [-0.4, -0.2) is 18.3 Å². The van der Waals surface area contributed by atoms with Gasteiger partial charge in [0.2, 0.25) is 0 Å². The van der Waals surface area contributed by atoms with Gasteiger partial charge >= 0.3 is 0 Å². The Balaban J connectivity index is 2.80. The Hall–Kier alpha value is -1.37. The van der Waals surface area contributed by atoms with Gasteiger partial charge in [-0.05, 0) is 39.3 Å². The lowest BCUT2D eigenvalue weighted by atomic mass is 9.89. The molecule has 0 saturated heterocycles. The number of benzene rings is 1. The Labute approximate surface area is 109 Å². The molecule has 1 aromatic carbocycles. The molecule has 1 rings (SSSR count). The zero-order valence-electron chi connectivity index (χ0n) is 11.8. The largest absolute Gasteiger partial charge is 0.376 e. The van der Waals surface area contributed by atoms with Gasteiger partial charge in [-0.1, -0.05) is 18.2 Å². The highest BCUT2D eigenvalue weighted by atomic mass is 16.6. The maximum atomic E-state index is 9.02. The highest BCUT2D eigenvalue weighted by Crippen LogP contribution is 2.29. The zero-order chi connectivity index (χ0) is 13.8. The standard InChI is InChI=1S/C15H21NO2/c1-14(2,17-5)15(3,4)18-11-13-9-7-6-8-12(13)10-16/h6-9H,11H2,1-5H3. The van der Waals surface area contributed by atoms with Gasteiger partial charge < -0.3 is 9.47 Å². The highest BCUT2D eigenvalue weighted by Gasteiger charge is 2.38. The Morgan fingerprint density at radius 2 is 1.72 bits per heavy atom. The van der Waals surface area contributed by atoms with Gasteiger partial charge in [-0.2, -0.15) is 5.26 Å². The monoisotopic (exact) mass is 247 g/mol. The van der Waals surface area contributed by atoms with Gasteiger partial charge in [-0.25, -0.2) is 0 Å². The minimum Gasteiger partial charge on any atom is -0.376 e. The summed E-state index contributed by atoms with van der Waals surface area (Å²) in [4.78, 5) is 0. The molecule has 0 fully saturated rings. The molecule has 0 aliphatic carbocycles. The number of hydrogen-bond acceptors (Lipinski definition) is 3. The first-order chi connectivity index (χ1) is 8.34. The summed E-state index contributed by atoms with van der Waals surface area (Å²) >= 11 is 0. The van der Waals surface area contributed by atoms with E-state index in [0.717, 1.165) is 5.56 Å². The maximum absolute atomic E-state index is 9.02. The third-order valence-electron chi connectivity index (χ3n) is 3.69. The van der Waals surface area contributed by atoms with Crippen LogP contribution < -0.4 is 0 Å². The molecule has 18 heavy (non-hydrogen) atoms. The van der Waals surface area contributed by atoms with Crippen LogP contribution in [0.5, 0.6) is 0 Å². The van der Waals surface area contributed by atoms with E-state index in [4.69, 9.17) is 14.7 Å². The van der Waals surface area contributed by atoms with Crippen LogP contribution in [0.4, 0.5) is 0 Å². The molecule has 0 bridgehead atoms. The lowest BCUT2D eigenvalue weighted by Crippen LogP contribution is -2.48. The summed E-state index contributed by atoms with van der Waals surface area (Å²) < 4.78 is 11.4. The Morgan fingerprint density at radius 1 is 1.11 bits per heavy atom. The van der Waals surface area contributed by atoms with Crippen molar-refractivity contribution in [2.24, 2.45) is 0 Å². The molecule has 0 unspecified atom stereocenters. The second-order valence-corrected chi connectivity index (χ2v) is 5.28. The molecule has 0 amide bonds. The number of rotatable bonds is 5. The number of nitrogens with zero attached hydrogens (tertiary/aromatic N) is 1. The van der Waals surface area contributed by atoms with Gasteiger partial charge in [0.25, 0.3) is 0 Å². The molecule has 0 saturated carbocycles. The molecule has 0 radical (unpaired) electrons. The molecule has 1 aromatic rings. The van der Waals surface area contributed by atoms with Crippen molar-refractivity contribution in [3.63, 3.8) is 0 Å². The van der Waals surface area contributed by atoms with Crippen molar-refractivity contribution < 1.29 is 9.47 Å². The third kappa shape index (κ3) is 3.10. The van der Waals surface area contributed by atoms with Crippen molar-refractivity contribution >= 4 is 0 Å². The van der Waals surface area contributed by atoms with Crippen LogP contribution in [0.3, 0.4) is 0 Å². The molecule has 3 heteroatoms. The molecular weight excluding hydrogens is 226 g/mol. The predicted octanol–water partition coefficient (Wildman–Crippen LogP) is 3.28. The van der Waals surface area contributed by atoms with Gasteiger partial charge in [0, 0.05) is 7.11 Å². The summed E-state index contributed by atoms with van der Waals surface area (Å²) in [5.74, 6) is 0. The zero-order valence-corrected chi connectivity index (χ0v) is 11.8. The average molecular weight is 247 g/mol. The van der Waals surface area contributed by atoms with Crippen LogP contribution in [0.2, 0.25) is 0 Å². The van der Waals surface area contributed by atoms with Crippen LogP contribution in [0.15, 0.2) is 24.3 Å². The second-order valence-electron chi connectivity index (χ2n) is 5.28. The van der Waals surface area contributed by atoms with Crippen molar-refractivity contribution in [3.8, 4) is 6.07 Å². The molecule has 0 aliphatic rings. The topological polar surface area (TPSA) is 42.2 Å². The fourth-order valence-corrected chi connectivity index (χ4v) is 1.43. The van der Waals surface area contributed by atoms with E-state index in [0.29, 0.717) is 12.2 Å². The van der Waals surface area contributed by atoms with Gasteiger partial charge in [-0.15, -0.1) is 0 Å². The van der Waals surface area contributed by atoms with Crippen LogP contribution in [0.1, 0.15) is 38.8 Å². The fourth-order valence-electron chi connectivity index (χ4n) is 1.43. The van der Waals surface area contributed by atoms with E-state index < -0.39 is 11.2 Å². The van der Waals surface area contributed by atoms with E-state index in [-0.39, 0.29) is 0 Å². The molecule has 3 nitrogen and oxygen atoms in total. The number of ether oxygens (including phenoxy) is 2.